The molecule has 1 aliphatic heterocycles. The SMILES string of the molecule is CCCCCCCCCCCOc1ccc(C=Nc2ccc(O[C@H]3O[C@H](CO)[C@@H](O)[C@H](O)[C@H]3O)cc2)cc1. The van der Waals surface area contributed by atoms with Crippen molar-refractivity contribution in [2.45, 2.75) is 95.4 Å². The second-order valence-electron chi connectivity index (χ2n) is 9.81. The van der Waals surface area contributed by atoms with Crippen LogP contribution in [0.2, 0.25) is 0 Å². The van der Waals surface area contributed by atoms with Gasteiger partial charge in [0.2, 0.25) is 6.29 Å². The first-order chi connectivity index (χ1) is 18.5. The van der Waals surface area contributed by atoms with Crippen molar-refractivity contribution in [2.24, 2.45) is 4.99 Å². The minimum Gasteiger partial charge on any atom is -0.494 e. The lowest BCUT2D eigenvalue weighted by Gasteiger charge is -2.39. The maximum atomic E-state index is 10.1. The lowest BCUT2D eigenvalue weighted by atomic mass is 9.99. The molecule has 1 aliphatic rings. The number of aliphatic imine (C=N–C) groups is 1. The third-order valence-corrected chi connectivity index (χ3v) is 6.70. The van der Waals surface area contributed by atoms with E-state index in [0.717, 1.165) is 24.3 Å². The first kappa shape index (κ1) is 30.1. The van der Waals surface area contributed by atoms with E-state index in [2.05, 4.69) is 11.9 Å². The third-order valence-electron chi connectivity index (χ3n) is 6.70. The molecule has 38 heavy (non-hydrogen) atoms. The molecule has 0 saturated carbocycles. The fourth-order valence-electron chi connectivity index (χ4n) is 4.31. The summed E-state index contributed by atoms with van der Waals surface area (Å²) in [6.45, 7) is 2.48. The summed E-state index contributed by atoms with van der Waals surface area (Å²) >= 11 is 0. The molecule has 1 saturated heterocycles. The largest absolute Gasteiger partial charge is 0.494 e. The monoisotopic (exact) mass is 529 g/mol. The maximum Gasteiger partial charge on any atom is 0.229 e. The average Bonchev–Trinajstić information content (AvgIpc) is 2.94. The Bertz CT molecular complexity index is 933. The molecule has 0 aliphatic carbocycles. The van der Waals surface area contributed by atoms with Crippen molar-refractivity contribution in [3.05, 3.63) is 54.1 Å². The Balaban J connectivity index is 1.37. The molecule has 8 nitrogen and oxygen atoms in total. The molecular weight excluding hydrogens is 486 g/mol. The van der Waals surface area contributed by atoms with Gasteiger partial charge in [-0.2, -0.15) is 0 Å². The molecular formula is C30H43NO7. The molecule has 0 unspecified atom stereocenters. The van der Waals surface area contributed by atoms with Crippen molar-refractivity contribution in [3.8, 4) is 11.5 Å². The van der Waals surface area contributed by atoms with Crippen molar-refractivity contribution in [3.63, 3.8) is 0 Å². The van der Waals surface area contributed by atoms with Crippen LogP contribution in [-0.4, -0.2) is 70.6 Å². The van der Waals surface area contributed by atoms with Crippen LogP contribution < -0.4 is 9.47 Å². The van der Waals surface area contributed by atoms with Crippen molar-refractivity contribution in [1.29, 1.82) is 0 Å². The number of hydrogen-bond acceptors (Lipinski definition) is 8. The molecule has 1 heterocycles. The van der Waals surface area contributed by atoms with Gasteiger partial charge in [0.05, 0.1) is 18.9 Å². The summed E-state index contributed by atoms with van der Waals surface area (Å²) in [5.74, 6) is 1.25. The summed E-state index contributed by atoms with van der Waals surface area (Å²) < 4.78 is 16.8. The van der Waals surface area contributed by atoms with E-state index in [1.807, 2.05) is 24.3 Å². The normalized spacial score (nSPS) is 23.6. The van der Waals surface area contributed by atoms with Crippen LogP contribution in [0.25, 0.3) is 0 Å². The Morgan fingerprint density at radius 2 is 1.37 bits per heavy atom. The lowest BCUT2D eigenvalue weighted by Crippen LogP contribution is -2.60. The summed E-state index contributed by atoms with van der Waals surface area (Å²) in [5, 5.41) is 39.2. The lowest BCUT2D eigenvalue weighted by molar-refractivity contribution is -0.277. The molecule has 5 atom stereocenters. The van der Waals surface area contributed by atoms with Gasteiger partial charge in [-0.25, -0.2) is 0 Å². The molecule has 8 heteroatoms. The van der Waals surface area contributed by atoms with Gasteiger partial charge < -0.3 is 34.6 Å². The van der Waals surface area contributed by atoms with Crippen LogP contribution in [0.3, 0.4) is 0 Å². The zero-order valence-electron chi connectivity index (χ0n) is 22.3. The Hall–Kier alpha value is -2.49. The first-order valence-electron chi connectivity index (χ1n) is 13.9. The molecule has 1 fully saturated rings. The average molecular weight is 530 g/mol. The molecule has 0 amide bonds. The molecule has 210 valence electrons. The standard InChI is InChI=1S/C30H43NO7/c1-2-3-4-5-6-7-8-9-10-19-36-24-15-11-22(12-16-24)20-31-23-13-17-25(18-14-23)37-30-29(35)28(34)27(33)26(21-32)38-30/h11-18,20,26-30,32-35H,2-10,19,21H2,1H3/t26-,27-,28+,29-,30+/m1/s1. The zero-order valence-corrected chi connectivity index (χ0v) is 22.3. The van der Waals surface area contributed by atoms with Gasteiger partial charge in [-0.1, -0.05) is 58.3 Å². The van der Waals surface area contributed by atoms with E-state index in [1.165, 1.54) is 51.4 Å². The van der Waals surface area contributed by atoms with Crippen LogP contribution in [0.4, 0.5) is 5.69 Å². The topological polar surface area (TPSA) is 121 Å². The van der Waals surface area contributed by atoms with Gasteiger partial charge in [0.1, 0.15) is 35.9 Å². The summed E-state index contributed by atoms with van der Waals surface area (Å²) in [5.41, 5.74) is 1.65. The number of nitrogens with zero attached hydrogens (tertiary/aromatic N) is 1. The molecule has 0 radical (unpaired) electrons. The zero-order chi connectivity index (χ0) is 27.2. The van der Waals surface area contributed by atoms with Gasteiger partial charge >= 0.3 is 0 Å². The van der Waals surface area contributed by atoms with Gasteiger partial charge in [0, 0.05) is 6.21 Å². The molecule has 0 aromatic heterocycles. The fraction of sp³-hybridized carbons (Fsp3) is 0.567. The van der Waals surface area contributed by atoms with Crippen molar-refractivity contribution in [1.82, 2.24) is 0 Å². The van der Waals surface area contributed by atoms with E-state index in [1.54, 1.807) is 30.5 Å². The van der Waals surface area contributed by atoms with E-state index in [-0.39, 0.29) is 0 Å². The summed E-state index contributed by atoms with van der Waals surface area (Å²) in [6, 6.07) is 14.7. The Kier molecular flexibility index (Phi) is 13.0. The Labute approximate surface area is 225 Å². The minimum atomic E-state index is -1.48. The van der Waals surface area contributed by atoms with Gasteiger partial charge in [-0.15, -0.1) is 0 Å². The van der Waals surface area contributed by atoms with Crippen LogP contribution in [-0.2, 0) is 4.74 Å². The van der Waals surface area contributed by atoms with Crippen LogP contribution in [0, 0.1) is 0 Å². The van der Waals surface area contributed by atoms with Crippen LogP contribution in [0.15, 0.2) is 53.5 Å². The van der Waals surface area contributed by atoms with E-state index in [4.69, 9.17) is 14.2 Å². The van der Waals surface area contributed by atoms with Gasteiger partial charge in [-0.05, 0) is 60.5 Å². The van der Waals surface area contributed by atoms with Crippen LogP contribution in [0.1, 0.15) is 70.3 Å². The van der Waals surface area contributed by atoms with E-state index < -0.39 is 37.3 Å². The van der Waals surface area contributed by atoms with Gasteiger partial charge in [0.15, 0.2) is 0 Å². The predicted octanol–water partition coefficient (Wildman–Crippen LogP) is 4.53. The number of rotatable bonds is 16. The highest BCUT2D eigenvalue weighted by Gasteiger charge is 2.44. The smallest absolute Gasteiger partial charge is 0.229 e. The van der Waals surface area contributed by atoms with Gasteiger partial charge in [-0.3, -0.25) is 4.99 Å². The fourth-order valence-corrected chi connectivity index (χ4v) is 4.31. The number of hydrogen-bond donors (Lipinski definition) is 4. The van der Waals surface area contributed by atoms with Crippen molar-refractivity contribution in [2.75, 3.05) is 13.2 Å². The number of aliphatic hydroxyl groups excluding tert-OH is 4. The highest BCUT2D eigenvalue weighted by atomic mass is 16.7. The van der Waals surface area contributed by atoms with E-state index >= 15 is 0 Å². The summed E-state index contributed by atoms with van der Waals surface area (Å²) in [7, 11) is 0. The summed E-state index contributed by atoms with van der Waals surface area (Å²) in [6.07, 6.45) is 6.80. The Morgan fingerprint density at radius 1 is 0.763 bits per heavy atom. The third kappa shape index (κ3) is 9.67. The molecule has 2 aromatic carbocycles. The minimum absolute atomic E-state index is 0.391. The van der Waals surface area contributed by atoms with Crippen molar-refractivity contribution >= 4 is 11.9 Å². The number of benzene rings is 2. The van der Waals surface area contributed by atoms with E-state index in [0.29, 0.717) is 11.4 Å². The highest BCUT2D eigenvalue weighted by Crippen LogP contribution is 2.26. The molecule has 0 spiro atoms. The molecule has 3 rings (SSSR count). The number of ether oxygens (including phenoxy) is 3. The second-order valence-corrected chi connectivity index (χ2v) is 9.81. The second kappa shape index (κ2) is 16.5. The molecule has 4 N–H and O–H groups in total. The van der Waals surface area contributed by atoms with Crippen LogP contribution in [0.5, 0.6) is 11.5 Å². The Morgan fingerprint density at radius 3 is 2.00 bits per heavy atom. The maximum absolute atomic E-state index is 10.1. The number of unbranched alkanes of at least 4 members (excludes halogenated alkanes) is 8. The molecule has 0 bridgehead atoms. The predicted molar refractivity (Wildman–Crippen MR) is 147 cm³/mol. The first-order valence-corrected chi connectivity index (χ1v) is 13.9. The molecule has 2 aromatic rings. The highest BCUT2D eigenvalue weighted by molar-refractivity contribution is 5.82. The van der Waals surface area contributed by atoms with Gasteiger partial charge in [0.25, 0.3) is 0 Å². The van der Waals surface area contributed by atoms with Crippen LogP contribution >= 0.6 is 0 Å². The van der Waals surface area contributed by atoms with E-state index in [9.17, 15) is 20.4 Å². The van der Waals surface area contributed by atoms with Crippen molar-refractivity contribution < 1.29 is 34.6 Å². The quantitative estimate of drug-likeness (QED) is 0.186. The number of aliphatic hydroxyl groups is 4. The summed E-state index contributed by atoms with van der Waals surface area (Å²) in [4.78, 5) is 4.48.